The van der Waals surface area contributed by atoms with Crippen LogP contribution in [0.25, 0.3) is 10.8 Å². The van der Waals surface area contributed by atoms with Crippen LogP contribution in [0, 0.1) is 5.82 Å². The van der Waals surface area contributed by atoms with Gasteiger partial charge in [0.25, 0.3) is 6.47 Å². The summed E-state index contributed by atoms with van der Waals surface area (Å²) >= 11 is 0. The van der Waals surface area contributed by atoms with Gasteiger partial charge in [0.15, 0.2) is 0 Å². The standard InChI is InChI=1S/C15H17FO3/c16-13-7-6-12-10-19-15(14(12)9-13)5-3-1-2-4-8-18-11-17/h6-7,9-11H,1-5,8H2. The number of hydrogen-bond donors (Lipinski definition) is 0. The molecule has 0 fully saturated rings. The fraction of sp³-hybridized carbons (Fsp3) is 0.400. The molecule has 3 nitrogen and oxygen atoms in total. The SMILES string of the molecule is O=COCCCCCCc1occ2ccc(F)cc12. The van der Waals surface area contributed by atoms with Crippen LogP contribution in [0.2, 0.25) is 0 Å². The molecule has 0 N–H and O–H groups in total. The van der Waals surface area contributed by atoms with Gasteiger partial charge in [-0.25, -0.2) is 4.39 Å². The fourth-order valence-electron chi connectivity index (χ4n) is 2.14. The molecule has 0 saturated heterocycles. The lowest BCUT2D eigenvalue weighted by molar-refractivity contribution is -0.128. The molecule has 0 aliphatic heterocycles. The molecule has 2 rings (SSSR count). The highest BCUT2D eigenvalue weighted by Crippen LogP contribution is 2.23. The van der Waals surface area contributed by atoms with Gasteiger partial charge in [0.05, 0.1) is 12.9 Å². The molecule has 0 amide bonds. The van der Waals surface area contributed by atoms with Crippen molar-refractivity contribution < 1.29 is 18.3 Å². The van der Waals surface area contributed by atoms with E-state index in [1.807, 2.05) is 0 Å². The number of unbranched alkanes of at least 4 members (excludes halogenated alkanes) is 3. The number of furan rings is 1. The summed E-state index contributed by atoms with van der Waals surface area (Å²) in [6, 6.07) is 4.69. The zero-order chi connectivity index (χ0) is 13.5. The molecule has 1 aromatic heterocycles. The predicted octanol–water partition coefficient (Wildman–Crippen LogP) is 3.85. The van der Waals surface area contributed by atoms with Crippen molar-refractivity contribution in [3.8, 4) is 0 Å². The molecule has 0 saturated carbocycles. The summed E-state index contributed by atoms with van der Waals surface area (Å²) in [6.07, 6.45) is 6.40. The highest BCUT2D eigenvalue weighted by Gasteiger charge is 2.06. The van der Waals surface area contributed by atoms with Crippen molar-refractivity contribution in [2.45, 2.75) is 32.1 Å². The number of hydrogen-bond acceptors (Lipinski definition) is 3. The van der Waals surface area contributed by atoms with Crippen LogP contribution in [-0.4, -0.2) is 13.1 Å². The number of ether oxygens (including phenoxy) is 1. The third kappa shape index (κ3) is 3.81. The molecule has 102 valence electrons. The molecule has 4 heteroatoms. The van der Waals surface area contributed by atoms with Gasteiger partial charge in [-0.15, -0.1) is 0 Å². The number of rotatable bonds is 8. The van der Waals surface area contributed by atoms with E-state index in [0.717, 1.165) is 48.6 Å². The topological polar surface area (TPSA) is 39.4 Å². The zero-order valence-corrected chi connectivity index (χ0v) is 10.7. The number of aryl methyl sites for hydroxylation is 1. The first-order valence-electron chi connectivity index (χ1n) is 6.52. The highest BCUT2D eigenvalue weighted by atomic mass is 19.1. The van der Waals surface area contributed by atoms with E-state index in [1.165, 1.54) is 12.1 Å². The molecular formula is C15H17FO3. The maximum Gasteiger partial charge on any atom is 0.293 e. The van der Waals surface area contributed by atoms with E-state index in [9.17, 15) is 9.18 Å². The Kier molecular flexibility index (Phi) is 4.95. The van der Waals surface area contributed by atoms with Crippen molar-refractivity contribution in [2.75, 3.05) is 6.61 Å². The first-order valence-corrected chi connectivity index (χ1v) is 6.52. The summed E-state index contributed by atoms with van der Waals surface area (Å²) in [5, 5.41) is 1.81. The van der Waals surface area contributed by atoms with E-state index >= 15 is 0 Å². The minimum atomic E-state index is -0.235. The van der Waals surface area contributed by atoms with Crippen LogP contribution < -0.4 is 0 Å². The van der Waals surface area contributed by atoms with Crippen LogP contribution in [0.1, 0.15) is 31.4 Å². The molecule has 0 unspecified atom stereocenters. The lowest BCUT2D eigenvalue weighted by Crippen LogP contribution is -1.92. The molecule has 1 aromatic carbocycles. The van der Waals surface area contributed by atoms with Gasteiger partial charge in [-0.1, -0.05) is 12.8 Å². The van der Waals surface area contributed by atoms with E-state index in [1.54, 1.807) is 12.3 Å². The van der Waals surface area contributed by atoms with Gasteiger partial charge >= 0.3 is 0 Å². The van der Waals surface area contributed by atoms with E-state index < -0.39 is 0 Å². The normalized spacial score (nSPS) is 10.8. The summed E-state index contributed by atoms with van der Waals surface area (Å²) in [6.45, 7) is 0.960. The van der Waals surface area contributed by atoms with Crippen LogP contribution in [0.3, 0.4) is 0 Å². The molecule has 1 heterocycles. The van der Waals surface area contributed by atoms with Crippen LogP contribution in [0.4, 0.5) is 4.39 Å². The Bertz CT molecular complexity index is 533. The smallest absolute Gasteiger partial charge is 0.293 e. The Morgan fingerprint density at radius 1 is 1.21 bits per heavy atom. The quantitative estimate of drug-likeness (QED) is 0.537. The Labute approximate surface area is 111 Å². The zero-order valence-electron chi connectivity index (χ0n) is 10.7. The molecule has 19 heavy (non-hydrogen) atoms. The van der Waals surface area contributed by atoms with Crippen LogP contribution >= 0.6 is 0 Å². The highest BCUT2D eigenvalue weighted by molar-refractivity contribution is 5.84. The second-order valence-electron chi connectivity index (χ2n) is 4.52. The Hall–Kier alpha value is -1.84. The third-order valence-electron chi connectivity index (χ3n) is 3.13. The van der Waals surface area contributed by atoms with Crippen molar-refractivity contribution in [3.63, 3.8) is 0 Å². The Morgan fingerprint density at radius 2 is 2.05 bits per heavy atom. The molecule has 0 atom stereocenters. The number of carbonyl (C=O) groups is 1. The van der Waals surface area contributed by atoms with E-state index in [0.29, 0.717) is 13.1 Å². The average Bonchev–Trinajstić information content (AvgIpc) is 2.80. The molecule has 0 aliphatic carbocycles. The maximum atomic E-state index is 13.2. The Balaban J connectivity index is 1.78. The number of benzene rings is 1. The summed E-state index contributed by atoms with van der Waals surface area (Å²) in [5.74, 6) is 0.611. The van der Waals surface area contributed by atoms with Crippen molar-refractivity contribution in [2.24, 2.45) is 0 Å². The average molecular weight is 264 g/mol. The predicted molar refractivity (Wildman–Crippen MR) is 70.4 cm³/mol. The maximum absolute atomic E-state index is 13.2. The van der Waals surface area contributed by atoms with Gasteiger partial charge in [-0.2, -0.15) is 0 Å². The lowest BCUT2D eigenvalue weighted by atomic mass is 10.1. The molecule has 0 radical (unpaired) electrons. The van der Waals surface area contributed by atoms with Crippen molar-refractivity contribution in [1.29, 1.82) is 0 Å². The summed E-state index contributed by atoms with van der Waals surface area (Å²) in [5.41, 5.74) is 0. The van der Waals surface area contributed by atoms with Gasteiger partial charge < -0.3 is 9.15 Å². The summed E-state index contributed by atoms with van der Waals surface area (Å²) in [7, 11) is 0. The molecule has 0 aliphatic rings. The first kappa shape index (κ1) is 13.6. The number of halogens is 1. The lowest BCUT2D eigenvalue weighted by Gasteiger charge is -2.00. The number of fused-ring (bicyclic) bond motifs is 1. The van der Waals surface area contributed by atoms with E-state index in [4.69, 9.17) is 4.42 Å². The minimum absolute atomic E-state index is 0.235. The first-order chi connectivity index (χ1) is 9.31. The largest absolute Gasteiger partial charge is 0.468 e. The van der Waals surface area contributed by atoms with E-state index in [2.05, 4.69) is 4.74 Å². The summed E-state index contributed by atoms with van der Waals surface area (Å²) in [4.78, 5) is 9.94. The van der Waals surface area contributed by atoms with Gasteiger partial charge in [-0.05, 0) is 31.0 Å². The van der Waals surface area contributed by atoms with Crippen LogP contribution in [0.5, 0.6) is 0 Å². The molecular weight excluding hydrogens is 247 g/mol. The fourth-order valence-corrected chi connectivity index (χ4v) is 2.14. The third-order valence-corrected chi connectivity index (χ3v) is 3.13. The van der Waals surface area contributed by atoms with Crippen molar-refractivity contribution in [1.82, 2.24) is 0 Å². The van der Waals surface area contributed by atoms with Crippen LogP contribution in [-0.2, 0) is 16.0 Å². The van der Waals surface area contributed by atoms with Crippen LogP contribution in [0.15, 0.2) is 28.9 Å². The van der Waals surface area contributed by atoms with Crippen molar-refractivity contribution in [3.05, 3.63) is 36.0 Å². The number of carbonyl (C=O) groups excluding carboxylic acids is 1. The van der Waals surface area contributed by atoms with E-state index in [-0.39, 0.29) is 5.82 Å². The van der Waals surface area contributed by atoms with Gasteiger partial charge in [-0.3, -0.25) is 4.79 Å². The summed E-state index contributed by atoms with van der Waals surface area (Å²) < 4.78 is 23.3. The second-order valence-corrected chi connectivity index (χ2v) is 4.52. The van der Waals surface area contributed by atoms with Gasteiger partial charge in [0.1, 0.15) is 11.6 Å². The van der Waals surface area contributed by atoms with Gasteiger partial charge in [0.2, 0.25) is 0 Å². The second kappa shape index (κ2) is 6.92. The Morgan fingerprint density at radius 3 is 2.89 bits per heavy atom. The van der Waals surface area contributed by atoms with Crippen molar-refractivity contribution >= 4 is 17.2 Å². The molecule has 2 aromatic rings. The molecule has 0 spiro atoms. The minimum Gasteiger partial charge on any atom is -0.468 e. The monoisotopic (exact) mass is 264 g/mol. The molecule has 0 bridgehead atoms. The van der Waals surface area contributed by atoms with Gasteiger partial charge in [0, 0.05) is 17.2 Å².